The molecule has 0 aliphatic rings. The fraction of sp³-hybridized carbons (Fsp3) is 0.435. The first-order valence-corrected chi connectivity index (χ1v) is 12.0. The highest BCUT2D eigenvalue weighted by molar-refractivity contribution is 7.92. The summed E-state index contributed by atoms with van der Waals surface area (Å²) in [4.78, 5) is 13.1. The van der Waals surface area contributed by atoms with Gasteiger partial charge < -0.3 is 10.1 Å². The molecule has 0 aromatic heterocycles. The highest BCUT2D eigenvalue weighted by atomic mass is 32.2. The summed E-state index contributed by atoms with van der Waals surface area (Å²) in [6.07, 6.45) is 1.46. The number of sulfonamides is 1. The van der Waals surface area contributed by atoms with Crippen LogP contribution in [-0.4, -0.2) is 33.2 Å². The van der Waals surface area contributed by atoms with Crippen LogP contribution in [0.3, 0.4) is 0 Å². The van der Waals surface area contributed by atoms with Gasteiger partial charge in [0.05, 0.1) is 24.6 Å². The normalized spacial score (nSPS) is 13.4. The molecule has 0 unspecified atom stereocenters. The molecule has 2 atom stereocenters. The number of nitrogens with one attached hydrogen (secondary N) is 1. The van der Waals surface area contributed by atoms with Crippen LogP contribution in [-0.2, 0) is 14.8 Å². The Labute approximate surface area is 180 Å². The molecule has 7 heteroatoms. The van der Waals surface area contributed by atoms with Crippen LogP contribution in [0.25, 0.3) is 0 Å². The molecule has 30 heavy (non-hydrogen) atoms. The van der Waals surface area contributed by atoms with Crippen molar-refractivity contribution < 1.29 is 17.9 Å². The van der Waals surface area contributed by atoms with Crippen LogP contribution < -0.4 is 14.4 Å². The van der Waals surface area contributed by atoms with E-state index in [1.54, 1.807) is 31.2 Å². The van der Waals surface area contributed by atoms with E-state index in [9.17, 15) is 13.2 Å². The number of anilines is 1. The highest BCUT2D eigenvalue weighted by Gasteiger charge is 2.32. The summed E-state index contributed by atoms with van der Waals surface area (Å²) >= 11 is 0. The van der Waals surface area contributed by atoms with E-state index in [0.717, 1.165) is 22.9 Å². The number of carbonyl (C=O) groups is 1. The van der Waals surface area contributed by atoms with E-state index in [2.05, 4.69) is 11.4 Å². The van der Waals surface area contributed by atoms with Crippen LogP contribution in [0.1, 0.15) is 49.9 Å². The quantitative estimate of drug-likeness (QED) is 0.647. The number of rotatable bonds is 9. The number of hydrogen-bond donors (Lipinski definition) is 1. The smallest absolute Gasteiger partial charge is 0.244 e. The third-order valence-electron chi connectivity index (χ3n) is 4.98. The van der Waals surface area contributed by atoms with Crippen molar-refractivity contribution in [2.45, 2.75) is 53.1 Å². The average molecular weight is 433 g/mol. The molecular weight excluding hydrogens is 400 g/mol. The van der Waals surface area contributed by atoms with Crippen LogP contribution in [0.5, 0.6) is 5.75 Å². The Morgan fingerprint density at radius 1 is 1.10 bits per heavy atom. The molecule has 0 bridgehead atoms. The predicted molar refractivity (Wildman–Crippen MR) is 121 cm³/mol. The van der Waals surface area contributed by atoms with Crippen LogP contribution in [0.2, 0.25) is 0 Å². The Hall–Kier alpha value is -2.54. The van der Waals surface area contributed by atoms with Gasteiger partial charge in [-0.1, -0.05) is 30.7 Å². The Balaban J connectivity index is 2.31. The fourth-order valence-electron chi connectivity index (χ4n) is 3.62. The standard InChI is InChI=1S/C23H32N2O4S/c1-7-22(23(26)24-18(5)21-14-9-16(3)15-17(21)4)25(30(6,27)28)19-10-12-20(13-11-19)29-8-2/h9-15,18,22H,7-8H2,1-6H3,(H,24,26)/t18-,22-/m0/s1. The van der Waals surface area contributed by atoms with E-state index >= 15 is 0 Å². The van der Waals surface area contributed by atoms with E-state index in [0.29, 0.717) is 24.5 Å². The molecule has 0 aliphatic heterocycles. The molecule has 164 valence electrons. The van der Waals surface area contributed by atoms with E-state index in [1.807, 2.05) is 39.8 Å². The second kappa shape index (κ2) is 9.98. The van der Waals surface area contributed by atoms with Gasteiger partial charge in [-0.15, -0.1) is 0 Å². The minimum atomic E-state index is -3.68. The van der Waals surface area contributed by atoms with Crippen molar-refractivity contribution in [3.63, 3.8) is 0 Å². The van der Waals surface area contributed by atoms with E-state index < -0.39 is 16.1 Å². The maximum Gasteiger partial charge on any atom is 0.244 e. The Morgan fingerprint density at radius 3 is 2.23 bits per heavy atom. The van der Waals surface area contributed by atoms with Crippen LogP contribution in [0.4, 0.5) is 5.69 Å². The first-order chi connectivity index (χ1) is 14.1. The summed E-state index contributed by atoms with van der Waals surface area (Å²) in [6.45, 7) is 10.1. The van der Waals surface area contributed by atoms with E-state index in [1.165, 1.54) is 4.31 Å². The molecule has 0 radical (unpaired) electrons. The minimum absolute atomic E-state index is 0.242. The summed E-state index contributed by atoms with van der Waals surface area (Å²) in [5.74, 6) is 0.319. The Bertz CT molecular complexity index is 971. The van der Waals surface area contributed by atoms with E-state index in [-0.39, 0.29) is 11.9 Å². The molecule has 0 heterocycles. The number of benzene rings is 2. The number of amides is 1. The van der Waals surface area contributed by atoms with Crippen molar-refractivity contribution in [1.29, 1.82) is 0 Å². The maximum atomic E-state index is 13.1. The minimum Gasteiger partial charge on any atom is -0.494 e. The van der Waals surface area contributed by atoms with Crippen LogP contribution in [0, 0.1) is 13.8 Å². The van der Waals surface area contributed by atoms with Gasteiger partial charge in [-0.2, -0.15) is 0 Å². The molecule has 1 N–H and O–H groups in total. The van der Waals surface area contributed by atoms with Gasteiger partial charge >= 0.3 is 0 Å². The molecule has 0 fully saturated rings. The van der Waals surface area contributed by atoms with Crippen molar-refractivity contribution in [3.05, 3.63) is 59.2 Å². The van der Waals surface area contributed by atoms with Crippen LogP contribution in [0.15, 0.2) is 42.5 Å². The summed E-state index contributed by atoms with van der Waals surface area (Å²) in [7, 11) is -3.68. The lowest BCUT2D eigenvalue weighted by atomic mass is 10.00. The van der Waals surface area contributed by atoms with Crippen molar-refractivity contribution >= 4 is 21.6 Å². The molecule has 0 aliphatic carbocycles. The molecular formula is C23H32N2O4S. The zero-order chi connectivity index (χ0) is 22.5. The zero-order valence-corrected chi connectivity index (χ0v) is 19.4. The van der Waals surface area contributed by atoms with Gasteiger partial charge in [0.15, 0.2) is 0 Å². The molecule has 6 nitrogen and oxygen atoms in total. The molecule has 2 aromatic carbocycles. The maximum absolute atomic E-state index is 13.1. The Morgan fingerprint density at radius 2 is 1.73 bits per heavy atom. The number of hydrogen-bond acceptors (Lipinski definition) is 4. The summed E-state index contributed by atoms with van der Waals surface area (Å²) < 4.78 is 31.8. The van der Waals surface area contributed by atoms with Crippen molar-refractivity contribution in [2.75, 3.05) is 17.2 Å². The monoisotopic (exact) mass is 432 g/mol. The molecule has 1 amide bonds. The third kappa shape index (κ3) is 5.75. The van der Waals surface area contributed by atoms with Crippen molar-refractivity contribution in [2.24, 2.45) is 0 Å². The number of aryl methyl sites for hydroxylation is 2. The van der Waals surface area contributed by atoms with Gasteiger partial charge in [0.2, 0.25) is 15.9 Å². The summed E-state index contributed by atoms with van der Waals surface area (Å²) in [5.41, 5.74) is 3.68. The first kappa shape index (κ1) is 23.7. The lowest BCUT2D eigenvalue weighted by Crippen LogP contribution is -2.49. The molecule has 0 saturated heterocycles. The number of ether oxygens (including phenoxy) is 1. The third-order valence-corrected chi connectivity index (χ3v) is 6.16. The number of carbonyl (C=O) groups excluding carboxylic acids is 1. The lowest BCUT2D eigenvalue weighted by molar-refractivity contribution is -0.122. The zero-order valence-electron chi connectivity index (χ0n) is 18.6. The second-order valence-corrected chi connectivity index (χ2v) is 9.36. The highest BCUT2D eigenvalue weighted by Crippen LogP contribution is 2.26. The van der Waals surface area contributed by atoms with Gasteiger partial charge in [0.25, 0.3) is 0 Å². The molecule has 0 saturated carbocycles. The van der Waals surface area contributed by atoms with Gasteiger partial charge in [-0.3, -0.25) is 9.10 Å². The fourth-order valence-corrected chi connectivity index (χ4v) is 4.83. The van der Waals surface area contributed by atoms with Crippen molar-refractivity contribution in [1.82, 2.24) is 5.32 Å². The van der Waals surface area contributed by atoms with Crippen LogP contribution >= 0.6 is 0 Å². The second-order valence-electron chi connectivity index (χ2n) is 7.50. The predicted octanol–water partition coefficient (Wildman–Crippen LogP) is 4.12. The van der Waals surface area contributed by atoms with Crippen molar-refractivity contribution in [3.8, 4) is 5.75 Å². The van der Waals surface area contributed by atoms with E-state index in [4.69, 9.17) is 4.74 Å². The van der Waals surface area contributed by atoms with Gasteiger partial charge in [0, 0.05) is 0 Å². The largest absolute Gasteiger partial charge is 0.494 e. The first-order valence-electron chi connectivity index (χ1n) is 10.2. The number of nitrogens with zero attached hydrogens (tertiary/aromatic N) is 1. The lowest BCUT2D eigenvalue weighted by Gasteiger charge is -2.31. The molecule has 0 spiro atoms. The van der Waals surface area contributed by atoms with Gasteiger partial charge in [0.1, 0.15) is 11.8 Å². The topological polar surface area (TPSA) is 75.7 Å². The average Bonchev–Trinajstić information content (AvgIpc) is 2.65. The summed E-state index contributed by atoms with van der Waals surface area (Å²) in [5, 5.41) is 2.99. The van der Waals surface area contributed by atoms with Gasteiger partial charge in [-0.25, -0.2) is 8.42 Å². The Kier molecular flexibility index (Phi) is 7.89. The van der Waals surface area contributed by atoms with Gasteiger partial charge in [-0.05, 0) is 69.5 Å². The SMILES string of the molecule is CCOc1ccc(N([C@@H](CC)C(=O)N[C@@H](C)c2ccc(C)cc2C)S(C)(=O)=O)cc1. The summed E-state index contributed by atoms with van der Waals surface area (Å²) in [6, 6.07) is 11.7. The molecule has 2 aromatic rings. The molecule has 2 rings (SSSR count).